The second-order valence-electron chi connectivity index (χ2n) is 5.74. The third-order valence-corrected chi connectivity index (χ3v) is 5.73. The van der Waals surface area contributed by atoms with Gasteiger partial charge in [-0.05, 0) is 44.7 Å². The second kappa shape index (κ2) is 5.42. The van der Waals surface area contributed by atoms with Crippen molar-refractivity contribution in [2.75, 3.05) is 6.54 Å². The van der Waals surface area contributed by atoms with Crippen LogP contribution in [0.4, 0.5) is 0 Å². The molecule has 1 aliphatic heterocycles. The molecule has 0 amide bonds. The van der Waals surface area contributed by atoms with Gasteiger partial charge in [-0.3, -0.25) is 0 Å². The standard InChI is InChI=1S/C15H21N3O2S/c1-2-18(12-9-7-11(16)8-10-12)15-13-5-3-4-6-14(13)21(19,20)17-15/h3-6,11-12H,2,7-10,16H2,1H3. The van der Waals surface area contributed by atoms with Crippen molar-refractivity contribution >= 4 is 15.9 Å². The molecular weight excluding hydrogens is 286 g/mol. The minimum absolute atomic E-state index is 0.279. The van der Waals surface area contributed by atoms with Gasteiger partial charge < -0.3 is 10.6 Å². The van der Waals surface area contributed by atoms with Gasteiger partial charge in [0.25, 0.3) is 10.0 Å². The number of amidine groups is 1. The summed E-state index contributed by atoms with van der Waals surface area (Å²) in [6, 6.07) is 7.68. The van der Waals surface area contributed by atoms with Crippen molar-refractivity contribution in [1.29, 1.82) is 0 Å². The maximum atomic E-state index is 12.2. The molecule has 21 heavy (non-hydrogen) atoms. The molecule has 2 aliphatic rings. The van der Waals surface area contributed by atoms with Crippen LogP contribution in [0.3, 0.4) is 0 Å². The summed E-state index contributed by atoms with van der Waals surface area (Å²) in [5, 5.41) is 0. The lowest BCUT2D eigenvalue weighted by Crippen LogP contribution is -2.44. The Hall–Kier alpha value is -1.40. The Morgan fingerprint density at radius 3 is 2.57 bits per heavy atom. The molecule has 0 unspecified atom stereocenters. The molecule has 0 saturated heterocycles. The molecule has 1 aliphatic carbocycles. The molecule has 114 valence electrons. The van der Waals surface area contributed by atoms with Crippen molar-refractivity contribution in [2.45, 2.75) is 49.6 Å². The van der Waals surface area contributed by atoms with Gasteiger partial charge in [-0.1, -0.05) is 12.1 Å². The van der Waals surface area contributed by atoms with Gasteiger partial charge in [0.05, 0.1) is 0 Å². The van der Waals surface area contributed by atoms with Crippen LogP contribution in [0.5, 0.6) is 0 Å². The summed E-state index contributed by atoms with van der Waals surface area (Å²) in [6.45, 7) is 2.80. The van der Waals surface area contributed by atoms with Crippen LogP contribution >= 0.6 is 0 Å². The summed E-state index contributed by atoms with van der Waals surface area (Å²) in [5.41, 5.74) is 6.70. The molecule has 1 heterocycles. The van der Waals surface area contributed by atoms with Crippen LogP contribution in [-0.4, -0.2) is 37.8 Å². The van der Waals surface area contributed by atoms with Crippen LogP contribution in [0.25, 0.3) is 0 Å². The number of sulfonamides is 1. The van der Waals surface area contributed by atoms with Gasteiger partial charge in [-0.2, -0.15) is 8.42 Å². The summed E-state index contributed by atoms with van der Waals surface area (Å²) in [7, 11) is -3.54. The Kier molecular flexibility index (Phi) is 3.75. The van der Waals surface area contributed by atoms with Gasteiger partial charge in [-0.15, -0.1) is 4.40 Å². The van der Waals surface area contributed by atoms with E-state index in [0.29, 0.717) is 16.8 Å². The Labute approximate surface area is 125 Å². The molecule has 0 bridgehead atoms. The molecule has 0 aromatic heterocycles. The van der Waals surface area contributed by atoms with E-state index in [1.807, 2.05) is 19.1 Å². The van der Waals surface area contributed by atoms with Gasteiger partial charge in [0.15, 0.2) is 5.84 Å². The van der Waals surface area contributed by atoms with Crippen molar-refractivity contribution in [1.82, 2.24) is 4.90 Å². The Morgan fingerprint density at radius 2 is 1.90 bits per heavy atom. The van der Waals surface area contributed by atoms with Crippen LogP contribution in [-0.2, 0) is 10.0 Å². The number of hydrogen-bond acceptors (Lipinski definition) is 4. The zero-order valence-electron chi connectivity index (χ0n) is 12.2. The van der Waals surface area contributed by atoms with Crippen molar-refractivity contribution in [3.05, 3.63) is 29.8 Å². The van der Waals surface area contributed by atoms with Crippen molar-refractivity contribution < 1.29 is 8.42 Å². The minimum atomic E-state index is -3.54. The molecule has 0 spiro atoms. The number of nitrogens with two attached hydrogens (primary N) is 1. The highest BCUT2D eigenvalue weighted by Gasteiger charge is 2.34. The second-order valence-corrected chi connectivity index (χ2v) is 7.31. The molecule has 5 nitrogen and oxygen atoms in total. The van der Waals surface area contributed by atoms with E-state index in [1.165, 1.54) is 0 Å². The van der Waals surface area contributed by atoms with Crippen LogP contribution in [0.1, 0.15) is 38.2 Å². The fraction of sp³-hybridized carbons (Fsp3) is 0.533. The third-order valence-electron chi connectivity index (χ3n) is 4.41. The summed E-state index contributed by atoms with van der Waals surface area (Å²) >= 11 is 0. The first-order chi connectivity index (χ1) is 10.0. The van der Waals surface area contributed by atoms with Crippen molar-refractivity contribution in [3.63, 3.8) is 0 Å². The van der Waals surface area contributed by atoms with Gasteiger partial charge in [0.2, 0.25) is 0 Å². The molecule has 1 saturated carbocycles. The predicted octanol–water partition coefficient (Wildman–Crippen LogP) is 1.73. The van der Waals surface area contributed by atoms with E-state index in [9.17, 15) is 8.42 Å². The van der Waals surface area contributed by atoms with Crippen molar-refractivity contribution in [2.24, 2.45) is 10.1 Å². The Bertz CT molecular complexity index is 661. The molecule has 6 heteroatoms. The number of hydrogen-bond donors (Lipinski definition) is 1. The van der Waals surface area contributed by atoms with E-state index in [0.717, 1.165) is 37.8 Å². The van der Waals surface area contributed by atoms with E-state index in [-0.39, 0.29) is 6.04 Å². The number of rotatable bonds is 2. The quantitative estimate of drug-likeness (QED) is 0.903. The Balaban J connectivity index is 1.95. The maximum Gasteiger partial charge on any atom is 0.285 e. The van der Waals surface area contributed by atoms with Gasteiger partial charge >= 0.3 is 0 Å². The van der Waals surface area contributed by atoms with Gasteiger partial charge in [0.1, 0.15) is 4.90 Å². The third kappa shape index (κ3) is 2.58. The molecule has 1 fully saturated rings. The maximum absolute atomic E-state index is 12.2. The first-order valence-corrected chi connectivity index (χ1v) is 8.93. The fourth-order valence-corrected chi connectivity index (χ4v) is 4.51. The molecular formula is C15H21N3O2S. The van der Waals surface area contributed by atoms with Crippen molar-refractivity contribution in [3.8, 4) is 0 Å². The van der Waals surface area contributed by atoms with E-state index in [1.54, 1.807) is 12.1 Å². The number of benzene rings is 1. The number of fused-ring (bicyclic) bond motifs is 1. The van der Waals surface area contributed by atoms with Gasteiger partial charge in [-0.25, -0.2) is 0 Å². The highest BCUT2D eigenvalue weighted by atomic mass is 32.2. The summed E-state index contributed by atoms with van der Waals surface area (Å²) in [4.78, 5) is 2.46. The monoisotopic (exact) mass is 307 g/mol. The number of nitrogens with zero attached hydrogens (tertiary/aromatic N) is 2. The van der Waals surface area contributed by atoms with Crippen LogP contribution < -0.4 is 5.73 Å². The zero-order chi connectivity index (χ0) is 15.0. The summed E-state index contributed by atoms with van der Waals surface area (Å²) in [6.07, 6.45) is 3.97. The first kappa shape index (κ1) is 14.5. The predicted molar refractivity (Wildman–Crippen MR) is 82.8 cm³/mol. The highest BCUT2D eigenvalue weighted by molar-refractivity contribution is 7.90. The molecule has 0 atom stereocenters. The minimum Gasteiger partial charge on any atom is -0.353 e. The van der Waals surface area contributed by atoms with Gasteiger partial charge in [0, 0.05) is 24.2 Å². The Morgan fingerprint density at radius 1 is 1.24 bits per heavy atom. The highest BCUT2D eigenvalue weighted by Crippen LogP contribution is 2.31. The zero-order valence-corrected chi connectivity index (χ0v) is 13.0. The lowest BCUT2D eigenvalue weighted by atomic mass is 9.90. The van der Waals surface area contributed by atoms with Crippen LogP contribution in [0, 0.1) is 0 Å². The SMILES string of the molecule is CCN(C1=NS(=O)(=O)c2ccccc21)C1CCC(N)CC1. The molecule has 0 radical (unpaired) electrons. The largest absolute Gasteiger partial charge is 0.353 e. The molecule has 2 N–H and O–H groups in total. The average Bonchev–Trinajstić information content (AvgIpc) is 2.74. The van der Waals surface area contributed by atoms with Crippen LogP contribution in [0.15, 0.2) is 33.6 Å². The summed E-state index contributed by atoms with van der Waals surface area (Å²) < 4.78 is 28.4. The topological polar surface area (TPSA) is 75.8 Å². The molecule has 1 aromatic rings. The smallest absolute Gasteiger partial charge is 0.285 e. The van der Waals surface area contributed by atoms with Crippen LogP contribution in [0.2, 0.25) is 0 Å². The lowest BCUT2D eigenvalue weighted by Gasteiger charge is -2.36. The van der Waals surface area contributed by atoms with E-state index < -0.39 is 10.0 Å². The molecule has 1 aromatic carbocycles. The normalized spacial score (nSPS) is 27.0. The fourth-order valence-electron chi connectivity index (χ4n) is 3.29. The van der Waals surface area contributed by atoms with E-state index in [4.69, 9.17) is 5.73 Å². The summed E-state index contributed by atoms with van der Waals surface area (Å²) in [5.74, 6) is 0.605. The van der Waals surface area contributed by atoms with E-state index >= 15 is 0 Å². The first-order valence-electron chi connectivity index (χ1n) is 7.49. The van der Waals surface area contributed by atoms with E-state index in [2.05, 4.69) is 9.30 Å². The lowest BCUT2D eigenvalue weighted by molar-refractivity contribution is 0.239. The molecule has 3 rings (SSSR count). The average molecular weight is 307 g/mol.